The molecule has 0 spiro atoms. The Hall–Kier alpha value is -1.76. The van der Waals surface area contributed by atoms with Crippen molar-refractivity contribution in [3.63, 3.8) is 0 Å². The van der Waals surface area contributed by atoms with Crippen LogP contribution in [-0.2, 0) is 21.1 Å². The second-order valence-electron chi connectivity index (χ2n) is 5.32. The molecular weight excluding hydrogens is 287 g/mol. The van der Waals surface area contributed by atoms with E-state index in [1.165, 1.54) is 0 Å². The molecule has 0 radical (unpaired) electrons. The van der Waals surface area contributed by atoms with Gasteiger partial charge in [-0.3, -0.25) is 4.79 Å². The Morgan fingerprint density at radius 2 is 2.14 bits per heavy atom. The number of hydrogen-bond donors (Lipinski definition) is 2. The molecule has 0 saturated carbocycles. The highest BCUT2D eigenvalue weighted by Gasteiger charge is 2.46. The van der Waals surface area contributed by atoms with Crippen molar-refractivity contribution in [3.8, 4) is 0 Å². The van der Waals surface area contributed by atoms with Crippen molar-refractivity contribution >= 4 is 11.7 Å². The Morgan fingerprint density at radius 3 is 2.67 bits per heavy atom. The fourth-order valence-corrected chi connectivity index (χ4v) is 2.79. The molecule has 0 aliphatic carbocycles. The van der Waals surface area contributed by atoms with Gasteiger partial charge in [0, 0.05) is 12.3 Å². The molecule has 1 fully saturated rings. The van der Waals surface area contributed by atoms with E-state index >= 15 is 0 Å². The molecule has 1 aromatic carbocycles. The average molecular weight is 303 g/mol. The maximum absolute atomic E-state index is 12.9. The Labute approximate surface area is 119 Å². The molecule has 1 aromatic rings. The zero-order valence-corrected chi connectivity index (χ0v) is 11.4. The number of carbonyl (C=O) groups is 1. The van der Waals surface area contributed by atoms with Gasteiger partial charge in [-0.1, -0.05) is 0 Å². The van der Waals surface area contributed by atoms with E-state index in [-0.39, 0.29) is 36.8 Å². The van der Waals surface area contributed by atoms with Crippen LogP contribution in [0.25, 0.3) is 0 Å². The third kappa shape index (κ3) is 2.83. The van der Waals surface area contributed by atoms with E-state index in [1.54, 1.807) is 6.92 Å². The van der Waals surface area contributed by atoms with Crippen molar-refractivity contribution < 1.29 is 27.8 Å². The van der Waals surface area contributed by atoms with Gasteiger partial charge in [-0.15, -0.1) is 0 Å². The average Bonchev–Trinajstić information content (AvgIpc) is 2.37. The highest BCUT2D eigenvalue weighted by atomic mass is 19.4. The van der Waals surface area contributed by atoms with Crippen LogP contribution in [0.15, 0.2) is 18.2 Å². The first kappa shape index (κ1) is 15.6. The number of carboxylic acid groups (broad SMARTS) is 1. The molecule has 0 aromatic heterocycles. The molecule has 21 heavy (non-hydrogen) atoms. The van der Waals surface area contributed by atoms with Crippen LogP contribution in [-0.4, -0.2) is 23.8 Å². The van der Waals surface area contributed by atoms with E-state index < -0.39 is 23.1 Å². The maximum atomic E-state index is 12.9. The molecule has 1 heterocycles. The molecule has 116 valence electrons. The lowest BCUT2D eigenvalue weighted by molar-refractivity contribution is -0.150. The summed E-state index contributed by atoms with van der Waals surface area (Å²) in [4.78, 5) is 11.7. The molecule has 0 bridgehead atoms. The van der Waals surface area contributed by atoms with Gasteiger partial charge in [0.25, 0.3) is 0 Å². The molecule has 4 nitrogen and oxygen atoms in total. The van der Waals surface area contributed by atoms with Gasteiger partial charge < -0.3 is 15.6 Å². The van der Waals surface area contributed by atoms with E-state index in [0.717, 1.165) is 18.2 Å². The van der Waals surface area contributed by atoms with Crippen LogP contribution in [0, 0.1) is 0 Å². The van der Waals surface area contributed by atoms with Gasteiger partial charge >= 0.3 is 12.1 Å². The zero-order chi connectivity index (χ0) is 15.8. The van der Waals surface area contributed by atoms with Gasteiger partial charge in [0.05, 0.1) is 17.1 Å². The predicted octanol–water partition coefficient (Wildman–Crippen LogP) is 2.81. The predicted molar refractivity (Wildman–Crippen MR) is 69.8 cm³/mol. The summed E-state index contributed by atoms with van der Waals surface area (Å²) in [6.45, 7) is 1.86. The Kier molecular flexibility index (Phi) is 3.88. The molecule has 1 saturated heterocycles. The lowest BCUT2D eigenvalue weighted by atomic mass is 9.71. The van der Waals surface area contributed by atoms with Crippen LogP contribution in [0.1, 0.15) is 30.9 Å². The lowest BCUT2D eigenvalue weighted by Crippen LogP contribution is -2.44. The SMILES string of the molecule is CC1CC(C(=O)O)(c2cc(C(F)(F)F)ccc2N)CCO1. The topological polar surface area (TPSA) is 72.5 Å². The number of rotatable bonds is 2. The first-order valence-corrected chi connectivity index (χ1v) is 6.49. The van der Waals surface area contributed by atoms with Crippen molar-refractivity contribution in [2.24, 2.45) is 0 Å². The number of ether oxygens (including phenoxy) is 1. The number of carboxylic acids is 1. The standard InChI is InChI=1S/C14H16F3NO3/c1-8-7-13(12(19)20,4-5-21-8)10-6-9(14(15,16)17)2-3-11(10)18/h2-3,6,8H,4-5,7,18H2,1H3,(H,19,20). The molecule has 2 atom stereocenters. The molecule has 7 heteroatoms. The normalized spacial score (nSPS) is 26.6. The van der Waals surface area contributed by atoms with Crippen molar-refractivity contribution in [1.29, 1.82) is 0 Å². The number of hydrogen-bond acceptors (Lipinski definition) is 3. The first-order valence-electron chi connectivity index (χ1n) is 6.49. The zero-order valence-electron chi connectivity index (χ0n) is 11.4. The number of nitrogen functional groups attached to an aromatic ring is 1. The summed E-state index contributed by atoms with van der Waals surface area (Å²) in [7, 11) is 0. The van der Waals surface area contributed by atoms with E-state index in [4.69, 9.17) is 10.5 Å². The van der Waals surface area contributed by atoms with E-state index in [0.29, 0.717) is 0 Å². The molecule has 0 amide bonds. The van der Waals surface area contributed by atoms with Crippen LogP contribution in [0.3, 0.4) is 0 Å². The molecule has 2 rings (SSSR count). The summed E-state index contributed by atoms with van der Waals surface area (Å²) in [6, 6.07) is 2.82. The van der Waals surface area contributed by atoms with Gasteiger partial charge in [0.1, 0.15) is 0 Å². The summed E-state index contributed by atoms with van der Waals surface area (Å²) in [5.41, 5.74) is 3.49. The molecule has 2 unspecified atom stereocenters. The lowest BCUT2D eigenvalue weighted by Gasteiger charge is -2.37. The smallest absolute Gasteiger partial charge is 0.416 e. The molecule has 1 aliphatic heterocycles. The number of anilines is 1. The van der Waals surface area contributed by atoms with Crippen molar-refractivity contribution in [1.82, 2.24) is 0 Å². The largest absolute Gasteiger partial charge is 0.481 e. The van der Waals surface area contributed by atoms with Crippen LogP contribution < -0.4 is 5.73 Å². The van der Waals surface area contributed by atoms with Gasteiger partial charge in [0.2, 0.25) is 0 Å². The second kappa shape index (κ2) is 5.22. The van der Waals surface area contributed by atoms with Gasteiger partial charge in [-0.2, -0.15) is 13.2 Å². The summed E-state index contributed by atoms with van der Waals surface area (Å²) in [5.74, 6) is -1.18. The first-order chi connectivity index (χ1) is 9.67. The third-order valence-corrected chi connectivity index (χ3v) is 3.87. The minimum atomic E-state index is -4.54. The van der Waals surface area contributed by atoms with Crippen molar-refractivity contribution in [2.45, 2.75) is 37.5 Å². The van der Waals surface area contributed by atoms with E-state index in [9.17, 15) is 23.1 Å². The van der Waals surface area contributed by atoms with Crippen LogP contribution in [0.4, 0.5) is 18.9 Å². The van der Waals surface area contributed by atoms with Crippen LogP contribution in [0.2, 0.25) is 0 Å². The second-order valence-corrected chi connectivity index (χ2v) is 5.32. The number of alkyl halides is 3. The summed E-state index contributed by atoms with van der Waals surface area (Å²) >= 11 is 0. The van der Waals surface area contributed by atoms with Crippen LogP contribution in [0.5, 0.6) is 0 Å². The fourth-order valence-electron chi connectivity index (χ4n) is 2.79. The van der Waals surface area contributed by atoms with Gasteiger partial charge in [-0.05, 0) is 43.5 Å². The maximum Gasteiger partial charge on any atom is 0.416 e. The number of halogens is 3. The number of nitrogens with two attached hydrogens (primary N) is 1. The highest BCUT2D eigenvalue weighted by Crippen LogP contribution is 2.42. The van der Waals surface area contributed by atoms with E-state index in [1.807, 2.05) is 0 Å². The Morgan fingerprint density at radius 1 is 1.48 bits per heavy atom. The summed E-state index contributed by atoms with van der Waals surface area (Å²) in [5, 5.41) is 9.59. The summed E-state index contributed by atoms with van der Waals surface area (Å²) in [6.07, 6.45) is -4.71. The van der Waals surface area contributed by atoms with Crippen molar-refractivity contribution in [2.75, 3.05) is 12.3 Å². The van der Waals surface area contributed by atoms with Gasteiger partial charge in [-0.25, -0.2) is 0 Å². The summed E-state index contributed by atoms with van der Waals surface area (Å²) < 4.78 is 43.9. The van der Waals surface area contributed by atoms with Gasteiger partial charge in [0.15, 0.2) is 0 Å². The quantitative estimate of drug-likeness (QED) is 0.824. The van der Waals surface area contributed by atoms with Crippen molar-refractivity contribution in [3.05, 3.63) is 29.3 Å². The highest BCUT2D eigenvalue weighted by molar-refractivity contribution is 5.84. The molecule has 1 aliphatic rings. The minimum absolute atomic E-state index is 0.0139. The van der Waals surface area contributed by atoms with Crippen LogP contribution >= 0.6 is 0 Å². The van der Waals surface area contributed by atoms with E-state index in [2.05, 4.69) is 0 Å². The molecular formula is C14H16F3NO3. The number of benzene rings is 1. The Balaban J connectivity index is 2.58. The monoisotopic (exact) mass is 303 g/mol. The molecule has 3 N–H and O–H groups in total. The minimum Gasteiger partial charge on any atom is -0.481 e. The Bertz CT molecular complexity index is 559. The third-order valence-electron chi connectivity index (χ3n) is 3.87. The number of aliphatic carboxylic acids is 1. The fraction of sp³-hybridized carbons (Fsp3) is 0.500.